The minimum absolute atomic E-state index is 0.0563. The fourth-order valence-corrected chi connectivity index (χ4v) is 3.65. The summed E-state index contributed by atoms with van der Waals surface area (Å²) >= 11 is 0. The number of methoxy groups -OCH3 is 1. The van der Waals surface area contributed by atoms with E-state index in [1.807, 2.05) is 30.3 Å². The number of carbonyl (C=O) groups is 2. The molecule has 0 bridgehead atoms. The number of hydrogen-bond acceptors (Lipinski definition) is 4. The van der Waals surface area contributed by atoms with Gasteiger partial charge in [0.25, 0.3) is 5.91 Å². The van der Waals surface area contributed by atoms with E-state index in [4.69, 9.17) is 9.47 Å². The molecule has 2 heterocycles. The van der Waals surface area contributed by atoms with E-state index in [0.717, 1.165) is 35.4 Å². The molecule has 0 aromatic heterocycles. The molecule has 0 spiro atoms. The summed E-state index contributed by atoms with van der Waals surface area (Å²) in [6.07, 6.45) is 1.64. The number of hydrogen-bond donors (Lipinski definition) is 0. The number of anilines is 1. The zero-order chi connectivity index (χ0) is 17.4. The van der Waals surface area contributed by atoms with Crippen LogP contribution in [0.4, 0.5) is 5.69 Å². The lowest BCUT2D eigenvalue weighted by molar-refractivity contribution is -0.124. The van der Waals surface area contributed by atoms with Crippen molar-refractivity contribution in [2.45, 2.75) is 25.4 Å². The molecule has 5 nitrogen and oxygen atoms in total. The van der Waals surface area contributed by atoms with Gasteiger partial charge in [-0.15, -0.1) is 0 Å². The first-order valence-electron chi connectivity index (χ1n) is 8.45. The Balaban J connectivity index is 1.64. The maximum absolute atomic E-state index is 13.1. The number of amides is 1. The molecular weight excluding hydrogens is 318 g/mol. The molecule has 2 aliphatic heterocycles. The first kappa shape index (κ1) is 15.7. The van der Waals surface area contributed by atoms with Crippen LogP contribution >= 0.6 is 0 Å². The van der Waals surface area contributed by atoms with Gasteiger partial charge in [-0.1, -0.05) is 24.3 Å². The minimum atomic E-state index is -0.509. The summed E-state index contributed by atoms with van der Waals surface area (Å²) in [5.74, 6) is 0.358. The Labute approximate surface area is 146 Å². The highest BCUT2D eigenvalue weighted by Gasteiger charge is 2.35. The van der Waals surface area contributed by atoms with Gasteiger partial charge in [0, 0.05) is 18.7 Å². The molecule has 0 fully saturated rings. The highest BCUT2D eigenvalue weighted by Crippen LogP contribution is 2.34. The molecule has 25 heavy (non-hydrogen) atoms. The lowest BCUT2D eigenvalue weighted by Crippen LogP contribution is -2.44. The van der Waals surface area contributed by atoms with E-state index in [0.29, 0.717) is 18.5 Å². The average Bonchev–Trinajstić information content (AvgIpc) is 3.10. The topological polar surface area (TPSA) is 55.8 Å². The zero-order valence-corrected chi connectivity index (χ0v) is 14.0. The molecule has 0 unspecified atom stereocenters. The van der Waals surface area contributed by atoms with Crippen molar-refractivity contribution < 1.29 is 19.1 Å². The van der Waals surface area contributed by atoms with Crippen LogP contribution in [-0.4, -0.2) is 31.6 Å². The average molecular weight is 337 g/mol. The Bertz CT molecular complexity index is 820. The predicted octanol–water partition coefficient (Wildman–Crippen LogP) is 2.76. The van der Waals surface area contributed by atoms with Crippen LogP contribution < -0.4 is 9.64 Å². The van der Waals surface area contributed by atoms with Crippen molar-refractivity contribution in [1.82, 2.24) is 0 Å². The first-order valence-corrected chi connectivity index (χ1v) is 8.45. The quantitative estimate of drug-likeness (QED) is 0.791. The van der Waals surface area contributed by atoms with Crippen molar-refractivity contribution in [2.24, 2.45) is 0 Å². The van der Waals surface area contributed by atoms with Gasteiger partial charge < -0.3 is 14.4 Å². The zero-order valence-electron chi connectivity index (χ0n) is 14.0. The monoisotopic (exact) mass is 337 g/mol. The Morgan fingerprint density at radius 1 is 1.16 bits per heavy atom. The number of rotatable bonds is 2. The Morgan fingerprint density at radius 3 is 2.80 bits per heavy atom. The van der Waals surface area contributed by atoms with Gasteiger partial charge in [-0.05, 0) is 42.2 Å². The van der Waals surface area contributed by atoms with Crippen LogP contribution in [0.3, 0.4) is 0 Å². The standard InChI is InChI=1S/C20H19NO4/c1-24-20(23)15-7-4-9-16-14(15)8-5-11-21(16)19(22)18-12-13-6-2-3-10-17(13)25-18/h2-4,6-7,9-10,18H,5,8,11-12H2,1H3/t18-/m0/s1. The van der Waals surface area contributed by atoms with E-state index in [1.54, 1.807) is 17.0 Å². The lowest BCUT2D eigenvalue weighted by atomic mass is 9.95. The van der Waals surface area contributed by atoms with Crippen molar-refractivity contribution >= 4 is 17.6 Å². The molecule has 0 aliphatic carbocycles. The molecule has 0 radical (unpaired) electrons. The smallest absolute Gasteiger partial charge is 0.338 e. The second-order valence-corrected chi connectivity index (χ2v) is 6.31. The maximum Gasteiger partial charge on any atom is 0.338 e. The highest BCUT2D eigenvalue weighted by atomic mass is 16.5. The van der Waals surface area contributed by atoms with Gasteiger partial charge in [0.1, 0.15) is 5.75 Å². The summed E-state index contributed by atoms with van der Waals surface area (Å²) in [6, 6.07) is 13.2. The molecular formula is C20H19NO4. The fourth-order valence-electron chi connectivity index (χ4n) is 3.65. The van der Waals surface area contributed by atoms with Crippen molar-refractivity contribution in [3.63, 3.8) is 0 Å². The van der Waals surface area contributed by atoms with Gasteiger partial charge in [0.2, 0.25) is 0 Å². The molecule has 0 saturated heterocycles. The molecule has 1 atom stereocenters. The van der Waals surface area contributed by atoms with Crippen LogP contribution in [-0.2, 0) is 22.4 Å². The second-order valence-electron chi connectivity index (χ2n) is 6.31. The number of carbonyl (C=O) groups excluding carboxylic acids is 2. The van der Waals surface area contributed by atoms with E-state index in [-0.39, 0.29) is 11.9 Å². The van der Waals surface area contributed by atoms with Crippen LogP contribution in [0.25, 0.3) is 0 Å². The van der Waals surface area contributed by atoms with Gasteiger partial charge in [-0.25, -0.2) is 4.79 Å². The number of ether oxygens (including phenoxy) is 2. The number of nitrogens with zero attached hydrogens (tertiary/aromatic N) is 1. The summed E-state index contributed by atoms with van der Waals surface area (Å²) in [7, 11) is 1.37. The van der Waals surface area contributed by atoms with Crippen LogP contribution in [0, 0.1) is 0 Å². The van der Waals surface area contributed by atoms with E-state index in [1.165, 1.54) is 7.11 Å². The summed E-state index contributed by atoms with van der Waals surface area (Å²) in [5, 5.41) is 0. The minimum Gasteiger partial charge on any atom is -0.480 e. The molecule has 2 aliphatic rings. The molecule has 0 saturated carbocycles. The first-order chi connectivity index (χ1) is 12.2. The summed E-state index contributed by atoms with van der Waals surface area (Å²) in [4.78, 5) is 26.8. The van der Waals surface area contributed by atoms with Crippen molar-refractivity contribution in [2.75, 3.05) is 18.6 Å². The van der Waals surface area contributed by atoms with Crippen LogP contribution in [0.2, 0.25) is 0 Å². The summed E-state index contributed by atoms with van der Waals surface area (Å²) in [5.41, 5.74) is 3.26. The van der Waals surface area contributed by atoms with Crippen molar-refractivity contribution in [3.8, 4) is 5.75 Å². The lowest BCUT2D eigenvalue weighted by Gasteiger charge is -2.32. The summed E-state index contributed by atoms with van der Waals surface area (Å²) < 4.78 is 10.7. The molecule has 2 aromatic carbocycles. The Hall–Kier alpha value is -2.82. The van der Waals surface area contributed by atoms with Crippen LogP contribution in [0.1, 0.15) is 27.9 Å². The maximum atomic E-state index is 13.1. The number of benzene rings is 2. The van der Waals surface area contributed by atoms with E-state index < -0.39 is 6.10 Å². The van der Waals surface area contributed by atoms with Gasteiger partial charge in [0.05, 0.1) is 12.7 Å². The van der Waals surface area contributed by atoms with Crippen LogP contribution in [0.15, 0.2) is 42.5 Å². The van der Waals surface area contributed by atoms with E-state index in [2.05, 4.69) is 0 Å². The molecule has 1 amide bonds. The third-order valence-electron chi connectivity index (χ3n) is 4.84. The van der Waals surface area contributed by atoms with Gasteiger partial charge in [-0.3, -0.25) is 4.79 Å². The highest BCUT2D eigenvalue weighted by molar-refractivity contribution is 6.01. The Kier molecular flexibility index (Phi) is 3.92. The Morgan fingerprint density at radius 2 is 2.00 bits per heavy atom. The van der Waals surface area contributed by atoms with E-state index >= 15 is 0 Å². The number of fused-ring (bicyclic) bond motifs is 2. The molecule has 5 heteroatoms. The summed E-state index contributed by atoms with van der Waals surface area (Å²) in [6.45, 7) is 0.632. The molecule has 4 rings (SSSR count). The van der Waals surface area contributed by atoms with Crippen molar-refractivity contribution in [3.05, 3.63) is 59.2 Å². The third kappa shape index (κ3) is 2.65. The SMILES string of the molecule is COC(=O)c1cccc2c1CCCN2C(=O)[C@@H]1Cc2ccccc2O1. The normalized spacial score (nSPS) is 18.1. The number of para-hydroxylation sites is 1. The van der Waals surface area contributed by atoms with E-state index in [9.17, 15) is 9.59 Å². The van der Waals surface area contributed by atoms with Gasteiger partial charge >= 0.3 is 5.97 Å². The van der Waals surface area contributed by atoms with Crippen LogP contribution in [0.5, 0.6) is 5.75 Å². The second kappa shape index (κ2) is 6.24. The molecule has 0 N–H and O–H groups in total. The third-order valence-corrected chi connectivity index (χ3v) is 4.84. The number of esters is 1. The molecule has 2 aromatic rings. The largest absolute Gasteiger partial charge is 0.480 e. The molecule has 128 valence electrons. The van der Waals surface area contributed by atoms with Gasteiger partial charge in [0.15, 0.2) is 6.10 Å². The fraction of sp³-hybridized carbons (Fsp3) is 0.300. The van der Waals surface area contributed by atoms with Crippen molar-refractivity contribution in [1.29, 1.82) is 0 Å². The van der Waals surface area contributed by atoms with Gasteiger partial charge in [-0.2, -0.15) is 0 Å². The predicted molar refractivity (Wildman–Crippen MR) is 93.0 cm³/mol.